The van der Waals surface area contributed by atoms with Gasteiger partial charge < -0.3 is 15.4 Å². The van der Waals surface area contributed by atoms with Crippen LogP contribution < -0.4 is 15.4 Å². The van der Waals surface area contributed by atoms with Gasteiger partial charge >= 0.3 is 0 Å². The van der Waals surface area contributed by atoms with Crippen LogP contribution in [-0.4, -0.2) is 22.3 Å². The van der Waals surface area contributed by atoms with E-state index >= 15 is 0 Å². The van der Waals surface area contributed by atoms with Crippen molar-refractivity contribution in [1.82, 2.24) is 15.2 Å². The number of hydrogen-bond donors (Lipinski definition) is 2. The number of methoxy groups -OCH3 is 1. The molecule has 7 nitrogen and oxygen atoms in total. The summed E-state index contributed by atoms with van der Waals surface area (Å²) in [6.45, 7) is 1.91. The zero-order chi connectivity index (χ0) is 18.5. The van der Waals surface area contributed by atoms with E-state index in [4.69, 9.17) is 21.6 Å². The Morgan fingerprint density at radius 3 is 2.62 bits per heavy atom. The lowest BCUT2D eigenvalue weighted by atomic mass is 10.2. The maximum atomic E-state index is 8.84. The van der Waals surface area contributed by atoms with Crippen molar-refractivity contribution in [1.29, 1.82) is 5.26 Å². The van der Waals surface area contributed by atoms with Gasteiger partial charge in [0.2, 0.25) is 5.95 Å². The van der Waals surface area contributed by atoms with Crippen LogP contribution in [0.3, 0.4) is 0 Å². The van der Waals surface area contributed by atoms with Gasteiger partial charge in [0.1, 0.15) is 5.75 Å². The van der Waals surface area contributed by atoms with E-state index in [1.165, 1.54) is 6.20 Å². The van der Waals surface area contributed by atoms with Crippen LogP contribution in [0.2, 0.25) is 5.02 Å². The number of aryl methyl sites for hydroxylation is 1. The number of aromatic nitrogens is 3. The largest absolute Gasteiger partial charge is 0.495 e. The predicted molar refractivity (Wildman–Crippen MR) is 100 cm³/mol. The molecule has 26 heavy (non-hydrogen) atoms. The predicted octanol–water partition coefficient (Wildman–Crippen LogP) is 4.20. The molecule has 1 heterocycles. The molecule has 0 aliphatic carbocycles. The van der Waals surface area contributed by atoms with E-state index in [2.05, 4.69) is 31.9 Å². The average molecular weight is 367 g/mol. The molecule has 8 heteroatoms. The van der Waals surface area contributed by atoms with E-state index < -0.39 is 0 Å². The first-order valence-corrected chi connectivity index (χ1v) is 8.05. The summed E-state index contributed by atoms with van der Waals surface area (Å²) >= 11 is 6.13. The number of nitrogens with zero attached hydrogens (tertiary/aromatic N) is 4. The number of ether oxygens (including phenoxy) is 1. The first-order valence-electron chi connectivity index (χ1n) is 7.67. The van der Waals surface area contributed by atoms with Gasteiger partial charge in [0.25, 0.3) is 0 Å². The van der Waals surface area contributed by atoms with Gasteiger partial charge in [-0.2, -0.15) is 15.3 Å². The van der Waals surface area contributed by atoms with Crippen molar-refractivity contribution in [3.05, 3.63) is 58.7 Å². The number of hydrogen-bond acceptors (Lipinski definition) is 7. The van der Waals surface area contributed by atoms with Crippen LogP contribution in [0, 0.1) is 18.3 Å². The second kappa shape index (κ2) is 7.68. The van der Waals surface area contributed by atoms with E-state index in [1.807, 2.05) is 13.0 Å². The maximum Gasteiger partial charge on any atom is 0.249 e. The molecule has 3 aromatic rings. The van der Waals surface area contributed by atoms with Crippen molar-refractivity contribution in [2.45, 2.75) is 6.92 Å². The van der Waals surface area contributed by atoms with Crippen molar-refractivity contribution in [2.75, 3.05) is 17.7 Å². The molecule has 0 amide bonds. The minimum absolute atomic E-state index is 0.323. The second-order valence-corrected chi connectivity index (χ2v) is 5.81. The number of halogens is 1. The molecule has 2 N–H and O–H groups in total. The molecule has 0 saturated carbocycles. The number of nitrogens with one attached hydrogen (secondary N) is 2. The van der Waals surface area contributed by atoms with Gasteiger partial charge in [0, 0.05) is 16.8 Å². The minimum atomic E-state index is 0.323. The Hall–Kier alpha value is -3.37. The maximum absolute atomic E-state index is 8.84. The number of anilines is 4. The Bertz CT molecular complexity index is 968. The van der Waals surface area contributed by atoms with Crippen LogP contribution in [0.1, 0.15) is 11.1 Å². The molecular formula is C18H15ClN6O. The Morgan fingerprint density at radius 1 is 1.15 bits per heavy atom. The van der Waals surface area contributed by atoms with Crippen LogP contribution in [0.5, 0.6) is 5.75 Å². The molecule has 1 aromatic heterocycles. The van der Waals surface area contributed by atoms with E-state index in [9.17, 15) is 0 Å². The number of rotatable bonds is 5. The molecule has 0 unspecified atom stereocenters. The van der Waals surface area contributed by atoms with Crippen LogP contribution in [0.25, 0.3) is 0 Å². The molecule has 0 fully saturated rings. The normalized spacial score (nSPS) is 10.1. The average Bonchev–Trinajstić information content (AvgIpc) is 2.65. The summed E-state index contributed by atoms with van der Waals surface area (Å²) in [5, 5.41) is 23.6. The van der Waals surface area contributed by atoms with Crippen LogP contribution in [0.15, 0.2) is 42.6 Å². The summed E-state index contributed by atoms with van der Waals surface area (Å²) in [5.74, 6) is 1.42. The molecule has 3 rings (SSSR count). The van der Waals surface area contributed by atoms with Crippen molar-refractivity contribution in [3.8, 4) is 11.8 Å². The zero-order valence-electron chi connectivity index (χ0n) is 14.1. The molecule has 0 saturated heterocycles. The highest BCUT2D eigenvalue weighted by atomic mass is 35.5. The molecule has 0 aliphatic rings. The Labute approximate surface area is 155 Å². The van der Waals surface area contributed by atoms with Gasteiger partial charge in [-0.25, -0.2) is 0 Å². The molecular weight excluding hydrogens is 352 g/mol. The Kier molecular flexibility index (Phi) is 5.15. The first-order chi connectivity index (χ1) is 12.6. The fourth-order valence-corrected chi connectivity index (χ4v) is 2.40. The van der Waals surface area contributed by atoms with Gasteiger partial charge in [-0.1, -0.05) is 11.6 Å². The van der Waals surface area contributed by atoms with Crippen LogP contribution >= 0.6 is 11.6 Å². The fourth-order valence-electron chi connectivity index (χ4n) is 2.24. The highest BCUT2D eigenvalue weighted by Gasteiger charge is 2.09. The third-order valence-electron chi connectivity index (χ3n) is 3.57. The number of benzene rings is 2. The fraction of sp³-hybridized carbons (Fsp3) is 0.111. The van der Waals surface area contributed by atoms with E-state index in [1.54, 1.807) is 37.4 Å². The monoisotopic (exact) mass is 366 g/mol. The summed E-state index contributed by atoms with van der Waals surface area (Å²) in [7, 11) is 1.57. The van der Waals surface area contributed by atoms with Crippen molar-refractivity contribution in [3.63, 3.8) is 0 Å². The number of nitriles is 1. The molecule has 0 bridgehead atoms. The van der Waals surface area contributed by atoms with Crippen molar-refractivity contribution >= 4 is 34.7 Å². The highest BCUT2D eigenvalue weighted by Crippen LogP contribution is 2.32. The lowest BCUT2D eigenvalue weighted by Gasteiger charge is -2.13. The van der Waals surface area contributed by atoms with Gasteiger partial charge in [-0.15, -0.1) is 5.10 Å². The van der Waals surface area contributed by atoms with E-state index in [0.717, 1.165) is 16.9 Å². The minimum Gasteiger partial charge on any atom is -0.495 e. The second-order valence-electron chi connectivity index (χ2n) is 5.41. The first kappa shape index (κ1) is 17.5. The highest BCUT2D eigenvalue weighted by molar-refractivity contribution is 6.31. The van der Waals surface area contributed by atoms with E-state index in [-0.39, 0.29) is 0 Å². The molecule has 0 atom stereocenters. The van der Waals surface area contributed by atoms with Crippen molar-refractivity contribution < 1.29 is 4.74 Å². The van der Waals surface area contributed by atoms with Gasteiger partial charge in [0.15, 0.2) is 5.82 Å². The summed E-state index contributed by atoms with van der Waals surface area (Å²) in [5.41, 5.74) is 2.96. The molecule has 2 aromatic carbocycles. The van der Waals surface area contributed by atoms with E-state index in [0.29, 0.717) is 28.1 Å². The topological polar surface area (TPSA) is 95.8 Å². The van der Waals surface area contributed by atoms with Gasteiger partial charge in [0.05, 0.1) is 30.6 Å². The summed E-state index contributed by atoms with van der Waals surface area (Å²) in [4.78, 5) is 4.38. The molecule has 0 aliphatic heterocycles. The Morgan fingerprint density at radius 2 is 1.92 bits per heavy atom. The lowest BCUT2D eigenvalue weighted by Crippen LogP contribution is -2.03. The quantitative estimate of drug-likeness (QED) is 0.698. The Balaban J connectivity index is 1.81. The zero-order valence-corrected chi connectivity index (χ0v) is 14.9. The lowest BCUT2D eigenvalue weighted by molar-refractivity contribution is 0.416. The van der Waals surface area contributed by atoms with Crippen LogP contribution in [-0.2, 0) is 0 Å². The van der Waals surface area contributed by atoms with Gasteiger partial charge in [-0.3, -0.25) is 0 Å². The molecule has 0 radical (unpaired) electrons. The summed E-state index contributed by atoms with van der Waals surface area (Å²) in [6, 6.07) is 12.6. The summed E-state index contributed by atoms with van der Waals surface area (Å²) < 4.78 is 5.35. The third-order valence-corrected chi connectivity index (χ3v) is 3.98. The van der Waals surface area contributed by atoms with Gasteiger partial charge in [-0.05, 0) is 42.8 Å². The molecule has 0 spiro atoms. The summed E-state index contributed by atoms with van der Waals surface area (Å²) in [6.07, 6.45) is 1.51. The third kappa shape index (κ3) is 3.99. The van der Waals surface area contributed by atoms with Crippen molar-refractivity contribution in [2.24, 2.45) is 0 Å². The SMILES string of the molecule is COc1cc(Cl)c(C)cc1Nc1cnnc(Nc2ccc(C#N)cc2)n1. The van der Waals surface area contributed by atoms with Crippen LogP contribution in [0.4, 0.5) is 23.1 Å². The standard InChI is InChI=1S/C18H15ClN6O/c1-11-7-15(16(26-2)8-14(11)19)23-17-10-21-25-18(24-17)22-13-5-3-12(9-20)4-6-13/h3-8,10H,1-2H3,(H2,22,23,24,25). The smallest absolute Gasteiger partial charge is 0.249 e. The molecule has 130 valence electrons.